The molecule has 0 fully saturated rings. The van der Waals surface area contributed by atoms with E-state index in [1.54, 1.807) is 35.0 Å². The molecule has 124 valence electrons. The van der Waals surface area contributed by atoms with Gasteiger partial charge in [0.25, 0.3) is 0 Å². The zero-order valence-electron chi connectivity index (χ0n) is 13.2. The van der Waals surface area contributed by atoms with Crippen LogP contribution in [0.3, 0.4) is 0 Å². The number of halogens is 2. The van der Waals surface area contributed by atoms with Crippen LogP contribution in [-0.2, 0) is 6.54 Å². The lowest BCUT2D eigenvalue weighted by molar-refractivity contribution is 0.475. The molecule has 0 saturated heterocycles. The Hall–Kier alpha value is -2.85. The number of hydrogen-bond acceptors (Lipinski definition) is 2. The molecule has 4 rings (SSSR count). The topological polar surface area (TPSA) is 38.1 Å². The van der Waals surface area contributed by atoms with Crippen LogP contribution in [-0.4, -0.2) is 14.9 Å². The van der Waals surface area contributed by atoms with E-state index in [1.165, 1.54) is 6.07 Å². The highest BCUT2D eigenvalue weighted by Gasteiger charge is 2.15. The maximum Gasteiger partial charge on any atom is 0.143 e. The maximum atomic E-state index is 14.0. The van der Waals surface area contributed by atoms with Crippen molar-refractivity contribution in [2.75, 3.05) is 0 Å². The molecule has 3 aromatic carbocycles. The molecule has 1 heterocycles. The van der Waals surface area contributed by atoms with Crippen LogP contribution in [0.4, 0.5) is 4.39 Å². The minimum Gasteiger partial charge on any atom is -0.508 e. The van der Waals surface area contributed by atoms with E-state index in [-0.39, 0.29) is 10.8 Å². The standard InChI is InChI=1S/C20H14ClFN2O/c21-17-10-16-19(11-18(17)22)24(12-13-4-2-1-3-5-13)23-20(16)14-6-8-15(25)9-7-14/h1-11,25H,12H2. The molecular formula is C20H14ClFN2O. The fraction of sp³-hybridized carbons (Fsp3) is 0.0500. The molecule has 5 heteroatoms. The molecular weight excluding hydrogens is 339 g/mol. The molecule has 3 nitrogen and oxygen atoms in total. The van der Waals surface area contributed by atoms with Gasteiger partial charge in [0.1, 0.15) is 17.3 Å². The van der Waals surface area contributed by atoms with Crippen LogP contribution in [0.2, 0.25) is 5.02 Å². The summed E-state index contributed by atoms with van der Waals surface area (Å²) in [7, 11) is 0. The lowest BCUT2D eigenvalue weighted by atomic mass is 10.1. The average molecular weight is 353 g/mol. The second kappa shape index (κ2) is 6.22. The van der Waals surface area contributed by atoms with Crippen molar-refractivity contribution in [2.24, 2.45) is 0 Å². The maximum absolute atomic E-state index is 14.0. The number of phenolic OH excluding ortho intramolecular Hbond substituents is 1. The molecule has 0 aliphatic rings. The largest absolute Gasteiger partial charge is 0.508 e. The lowest BCUT2D eigenvalue weighted by Crippen LogP contribution is -2.01. The Labute approximate surface area is 148 Å². The molecule has 0 spiro atoms. The van der Waals surface area contributed by atoms with Crippen LogP contribution in [0.25, 0.3) is 22.2 Å². The molecule has 0 unspecified atom stereocenters. The normalized spacial score (nSPS) is 11.1. The molecule has 4 aromatic rings. The van der Waals surface area contributed by atoms with Crippen LogP contribution >= 0.6 is 11.6 Å². The van der Waals surface area contributed by atoms with Crippen LogP contribution in [0, 0.1) is 5.82 Å². The van der Waals surface area contributed by atoms with Crippen molar-refractivity contribution in [2.45, 2.75) is 6.54 Å². The Morgan fingerprint density at radius 1 is 1.00 bits per heavy atom. The van der Waals surface area contributed by atoms with Gasteiger partial charge in [0, 0.05) is 17.0 Å². The summed E-state index contributed by atoms with van der Waals surface area (Å²) in [6.07, 6.45) is 0. The van der Waals surface area contributed by atoms with Gasteiger partial charge in [-0.15, -0.1) is 0 Å². The van der Waals surface area contributed by atoms with E-state index in [2.05, 4.69) is 5.10 Å². The number of rotatable bonds is 3. The first kappa shape index (κ1) is 15.7. The Bertz CT molecular complexity index is 1040. The van der Waals surface area contributed by atoms with E-state index in [4.69, 9.17) is 11.6 Å². The number of phenols is 1. The number of benzene rings is 3. The van der Waals surface area contributed by atoms with Gasteiger partial charge in [-0.2, -0.15) is 5.10 Å². The van der Waals surface area contributed by atoms with Gasteiger partial charge in [-0.25, -0.2) is 4.39 Å². The predicted molar refractivity (Wildman–Crippen MR) is 97.3 cm³/mol. The molecule has 0 atom stereocenters. The van der Waals surface area contributed by atoms with Gasteiger partial charge in [0.2, 0.25) is 0 Å². The zero-order chi connectivity index (χ0) is 17.4. The summed E-state index contributed by atoms with van der Waals surface area (Å²) in [5.41, 5.74) is 3.28. The van der Waals surface area contributed by atoms with Crippen LogP contribution in [0.15, 0.2) is 66.7 Å². The Morgan fingerprint density at radius 3 is 2.44 bits per heavy atom. The van der Waals surface area contributed by atoms with E-state index in [0.717, 1.165) is 16.5 Å². The second-order valence-electron chi connectivity index (χ2n) is 5.82. The fourth-order valence-corrected chi connectivity index (χ4v) is 3.04. The highest BCUT2D eigenvalue weighted by atomic mass is 35.5. The SMILES string of the molecule is Oc1ccc(-c2nn(Cc3ccccc3)c3cc(F)c(Cl)cc23)cc1. The molecule has 1 N–H and O–H groups in total. The molecule has 1 aromatic heterocycles. The molecule has 0 bridgehead atoms. The summed E-state index contributed by atoms with van der Waals surface area (Å²) in [6.45, 7) is 0.524. The minimum absolute atomic E-state index is 0.0618. The number of fused-ring (bicyclic) bond motifs is 1. The lowest BCUT2D eigenvalue weighted by Gasteiger charge is -2.04. The first-order valence-electron chi connectivity index (χ1n) is 7.81. The van der Waals surface area contributed by atoms with E-state index in [1.807, 2.05) is 30.3 Å². The monoisotopic (exact) mass is 352 g/mol. The summed E-state index contributed by atoms with van der Waals surface area (Å²) in [6, 6.07) is 19.6. The van der Waals surface area contributed by atoms with Gasteiger partial charge in [0.05, 0.1) is 17.1 Å². The van der Waals surface area contributed by atoms with Crippen molar-refractivity contribution in [1.82, 2.24) is 9.78 Å². The summed E-state index contributed by atoms with van der Waals surface area (Å²) >= 11 is 5.99. The van der Waals surface area contributed by atoms with Gasteiger partial charge in [-0.05, 0) is 35.9 Å². The predicted octanol–water partition coefficient (Wildman–Crippen LogP) is 5.25. The number of hydrogen-bond donors (Lipinski definition) is 1. The first-order valence-corrected chi connectivity index (χ1v) is 8.18. The minimum atomic E-state index is -0.472. The van der Waals surface area contributed by atoms with Crippen LogP contribution in [0.5, 0.6) is 5.75 Å². The van der Waals surface area contributed by atoms with Crippen molar-refractivity contribution in [3.8, 4) is 17.0 Å². The Balaban J connectivity index is 1.91. The van der Waals surface area contributed by atoms with Gasteiger partial charge in [-0.1, -0.05) is 41.9 Å². The van der Waals surface area contributed by atoms with E-state index in [9.17, 15) is 9.50 Å². The van der Waals surface area contributed by atoms with Crippen molar-refractivity contribution in [1.29, 1.82) is 0 Å². The van der Waals surface area contributed by atoms with Gasteiger partial charge >= 0.3 is 0 Å². The molecule has 0 radical (unpaired) electrons. The smallest absolute Gasteiger partial charge is 0.143 e. The molecule has 25 heavy (non-hydrogen) atoms. The van der Waals surface area contributed by atoms with Gasteiger partial charge in [-0.3, -0.25) is 4.68 Å². The third kappa shape index (κ3) is 2.96. The quantitative estimate of drug-likeness (QED) is 0.547. The Kier molecular flexibility index (Phi) is 3.90. The van der Waals surface area contributed by atoms with Crippen molar-refractivity contribution < 1.29 is 9.50 Å². The highest BCUT2D eigenvalue weighted by molar-refractivity contribution is 6.31. The highest BCUT2D eigenvalue weighted by Crippen LogP contribution is 2.32. The van der Waals surface area contributed by atoms with E-state index >= 15 is 0 Å². The number of nitrogens with zero attached hydrogens (tertiary/aromatic N) is 2. The summed E-state index contributed by atoms with van der Waals surface area (Å²) in [4.78, 5) is 0. The van der Waals surface area contributed by atoms with E-state index < -0.39 is 5.82 Å². The Morgan fingerprint density at radius 2 is 1.72 bits per heavy atom. The number of aromatic hydroxyl groups is 1. The third-order valence-corrected chi connectivity index (χ3v) is 4.40. The average Bonchev–Trinajstić information content (AvgIpc) is 2.94. The van der Waals surface area contributed by atoms with Gasteiger partial charge in [0.15, 0.2) is 0 Å². The van der Waals surface area contributed by atoms with Crippen molar-refractivity contribution in [3.63, 3.8) is 0 Å². The summed E-state index contributed by atoms with van der Waals surface area (Å²) < 4.78 is 15.8. The second-order valence-corrected chi connectivity index (χ2v) is 6.23. The first-order chi connectivity index (χ1) is 12.1. The molecule has 0 aliphatic carbocycles. The molecule has 0 amide bonds. The molecule has 0 saturated carbocycles. The van der Waals surface area contributed by atoms with Gasteiger partial charge < -0.3 is 5.11 Å². The van der Waals surface area contributed by atoms with Crippen LogP contribution < -0.4 is 0 Å². The van der Waals surface area contributed by atoms with Crippen molar-refractivity contribution in [3.05, 3.63) is 83.1 Å². The van der Waals surface area contributed by atoms with Crippen molar-refractivity contribution >= 4 is 22.5 Å². The third-order valence-electron chi connectivity index (χ3n) is 4.11. The van der Waals surface area contributed by atoms with Crippen LogP contribution in [0.1, 0.15) is 5.56 Å². The van der Waals surface area contributed by atoms with E-state index in [0.29, 0.717) is 17.8 Å². The zero-order valence-corrected chi connectivity index (χ0v) is 13.9. The summed E-state index contributed by atoms with van der Waals surface area (Å²) in [5, 5.41) is 15.0. The summed E-state index contributed by atoms with van der Waals surface area (Å²) in [5.74, 6) is -0.290. The molecule has 0 aliphatic heterocycles. The fourth-order valence-electron chi connectivity index (χ4n) is 2.88. The number of aromatic nitrogens is 2.